The lowest BCUT2D eigenvalue weighted by Crippen LogP contribution is -2.05. The fourth-order valence-electron chi connectivity index (χ4n) is 2.12. The summed E-state index contributed by atoms with van der Waals surface area (Å²) >= 11 is 0. The van der Waals surface area contributed by atoms with Gasteiger partial charge in [0.25, 0.3) is 0 Å². The van der Waals surface area contributed by atoms with Crippen molar-refractivity contribution in [2.24, 2.45) is 0 Å². The number of nitrogens with zero attached hydrogens (tertiary/aromatic N) is 3. The molecule has 0 aliphatic heterocycles. The second-order valence-electron chi connectivity index (χ2n) is 4.85. The minimum atomic E-state index is -3.23. The summed E-state index contributed by atoms with van der Waals surface area (Å²) in [5.74, 6) is 0. The van der Waals surface area contributed by atoms with Crippen molar-refractivity contribution >= 4 is 15.5 Å². The number of aryl methyl sites for hydroxylation is 1. The average Bonchev–Trinajstić information content (AvgIpc) is 2.64. The van der Waals surface area contributed by atoms with Gasteiger partial charge in [-0.25, -0.2) is 8.42 Å². The Kier molecular flexibility index (Phi) is 3.82. The maximum Gasteiger partial charge on any atom is 0.312 e. The van der Waals surface area contributed by atoms with Crippen LogP contribution in [-0.2, 0) is 16.4 Å². The SMILES string of the molecule is Cc1nn(Cc2ccc(S(C)(=O)=O)cc2)c(C)c1[N+](=O)[O-]. The molecule has 8 heteroatoms. The molecule has 0 amide bonds. The van der Waals surface area contributed by atoms with Gasteiger partial charge in [-0.3, -0.25) is 14.8 Å². The van der Waals surface area contributed by atoms with E-state index in [2.05, 4.69) is 5.10 Å². The number of benzene rings is 1. The highest BCUT2D eigenvalue weighted by molar-refractivity contribution is 7.90. The minimum absolute atomic E-state index is 0.0164. The first-order valence-corrected chi connectivity index (χ1v) is 8.06. The molecule has 0 fully saturated rings. The lowest BCUT2D eigenvalue weighted by atomic mass is 10.2. The van der Waals surface area contributed by atoms with Crippen LogP contribution in [0.1, 0.15) is 17.0 Å². The van der Waals surface area contributed by atoms with Crippen molar-refractivity contribution in [1.82, 2.24) is 9.78 Å². The Labute approximate surface area is 122 Å². The van der Waals surface area contributed by atoms with Gasteiger partial charge in [-0.05, 0) is 31.5 Å². The van der Waals surface area contributed by atoms with Gasteiger partial charge in [0.2, 0.25) is 0 Å². The number of nitro groups is 1. The van der Waals surface area contributed by atoms with E-state index < -0.39 is 14.8 Å². The first-order valence-electron chi connectivity index (χ1n) is 6.17. The van der Waals surface area contributed by atoms with Gasteiger partial charge in [-0.15, -0.1) is 0 Å². The second-order valence-corrected chi connectivity index (χ2v) is 6.87. The molecular weight excluding hydrogens is 294 g/mol. The van der Waals surface area contributed by atoms with E-state index in [0.29, 0.717) is 17.9 Å². The molecule has 1 aromatic carbocycles. The molecule has 0 atom stereocenters. The van der Waals surface area contributed by atoms with Gasteiger partial charge in [0, 0.05) is 6.26 Å². The van der Waals surface area contributed by atoms with Crippen molar-refractivity contribution in [2.45, 2.75) is 25.3 Å². The zero-order valence-corrected chi connectivity index (χ0v) is 12.7. The van der Waals surface area contributed by atoms with Crippen molar-refractivity contribution in [3.63, 3.8) is 0 Å². The normalized spacial score (nSPS) is 11.6. The molecule has 0 unspecified atom stereocenters. The van der Waals surface area contributed by atoms with E-state index in [0.717, 1.165) is 11.8 Å². The fourth-order valence-corrected chi connectivity index (χ4v) is 2.75. The van der Waals surface area contributed by atoms with Crippen LogP contribution in [0.4, 0.5) is 5.69 Å². The molecule has 1 heterocycles. The number of sulfone groups is 1. The molecule has 0 bridgehead atoms. The van der Waals surface area contributed by atoms with Gasteiger partial charge >= 0.3 is 5.69 Å². The van der Waals surface area contributed by atoms with Crippen LogP contribution in [0, 0.1) is 24.0 Å². The molecule has 0 spiro atoms. The lowest BCUT2D eigenvalue weighted by Gasteiger charge is -2.05. The molecule has 0 aliphatic rings. The molecule has 7 nitrogen and oxygen atoms in total. The highest BCUT2D eigenvalue weighted by atomic mass is 32.2. The monoisotopic (exact) mass is 309 g/mol. The van der Waals surface area contributed by atoms with E-state index in [1.54, 1.807) is 30.7 Å². The number of rotatable bonds is 4. The standard InChI is InChI=1S/C13H15N3O4S/c1-9-13(16(17)18)10(2)15(14-9)8-11-4-6-12(7-5-11)21(3,19)20/h4-7H,8H2,1-3H3. The molecular formula is C13H15N3O4S. The third-order valence-electron chi connectivity index (χ3n) is 3.21. The molecule has 0 aliphatic carbocycles. The Hall–Kier alpha value is -2.22. The van der Waals surface area contributed by atoms with E-state index in [1.807, 2.05) is 0 Å². The quantitative estimate of drug-likeness (QED) is 0.634. The Balaban J connectivity index is 2.31. The Morgan fingerprint density at radius 1 is 1.24 bits per heavy atom. The van der Waals surface area contributed by atoms with E-state index in [9.17, 15) is 18.5 Å². The minimum Gasteiger partial charge on any atom is -0.258 e. The maximum atomic E-state index is 11.4. The fraction of sp³-hybridized carbons (Fsp3) is 0.308. The Morgan fingerprint density at radius 3 is 2.24 bits per heavy atom. The van der Waals surface area contributed by atoms with E-state index in [-0.39, 0.29) is 10.6 Å². The number of aromatic nitrogens is 2. The van der Waals surface area contributed by atoms with Crippen LogP contribution < -0.4 is 0 Å². The van der Waals surface area contributed by atoms with Crippen molar-refractivity contribution < 1.29 is 13.3 Å². The summed E-state index contributed by atoms with van der Waals surface area (Å²) in [6.07, 6.45) is 1.15. The highest BCUT2D eigenvalue weighted by Gasteiger charge is 2.21. The van der Waals surface area contributed by atoms with Gasteiger partial charge in [0.1, 0.15) is 11.4 Å². The molecule has 2 aromatic rings. The summed E-state index contributed by atoms with van der Waals surface area (Å²) in [6, 6.07) is 6.40. The molecule has 1 aromatic heterocycles. The number of hydrogen-bond donors (Lipinski definition) is 0. The van der Waals surface area contributed by atoms with Gasteiger partial charge in [0.15, 0.2) is 9.84 Å². The van der Waals surface area contributed by atoms with Gasteiger partial charge < -0.3 is 0 Å². The molecule has 112 valence electrons. The van der Waals surface area contributed by atoms with Crippen LogP contribution >= 0.6 is 0 Å². The van der Waals surface area contributed by atoms with Crippen LogP contribution in [0.2, 0.25) is 0 Å². The zero-order valence-electron chi connectivity index (χ0n) is 11.9. The largest absolute Gasteiger partial charge is 0.312 e. The van der Waals surface area contributed by atoms with Crippen molar-refractivity contribution in [3.8, 4) is 0 Å². The summed E-state index contributed by atoms with van der Waals surface area (Å²) in [5.41, 5.74) is 1.68. The Bertz CT molecular complexity index is 792. The second kappa shape index (κ2) is 5.28. The number of hydrogen-bond acceptors (Lipinski definition) is 5. The zero-order chi connectivity index (χ0) is 15.8. The summed E-state index contributed by atoms with van der Waals surface area (Å²) in [7, 11) is -3.23. The van der Waals surface area contributed by atoms with Crippen LogP contribution in [0.5, 0.6) is 0 Å². The molecule has 0 N–H and O–H groups in total. The van der Waals surface area contributed by atoms with Gasteiger partial charge in [0.05, 0.1) is 16.4 Å². The molecule has 0 radical (unpaired) electrons. The summed E-state index contributed by atoms with van der Waals surface area (Å²) in [4.78, 5) is 10.7. The van der Waals surface area contributed by atoms with Crippen LogP contribution in [0.3, 0.4) is 0 Å². The van der Waals surface area contributed by atoms with Crippen molar-refractivity contribution in [1.29, 1.82) is 0 Å². The van der Waals surface area contributed by atoms with Gasteiger partial charge in [-0.2, -0.15) is 5.10 Å². The third kappa shape index (κ3) is 3.10. The highest BCUT2D eigenvalue weighted by Crippen LogP contribution is 2.22. The molecule has 0 saturated carbocycles. The lowest BCUT2D eigenvalue weighted by molar-refractivity contribution is -0.386. The van der Waals surface area contributed by atoms with Crippen molar-refractivity contribution in [3.05, 3.63) is 51.3 Å². The molecule has 21 heavy (non-hydrogen) atoms. The summed E-state index contributed by atoms with van der Waals surface area (Å²) in [5, 5.41) is 15.1. The summed E-state index contributed by atoms with van der Waals surface area (Å²) < 4.78 is 24.3. The van der Waals surface area contributed by atoms with Crippen LogP contribution in [0.25, 0.3) is 0 Å². The molecule has 2 rings (SSSR count). The topological polar surface area (TPSA) is 95.1 Å². The van der Waals surface area contributed by atoms with Gasteiger partial charge in [-0.1, -0.05) is 12.1 Å². The first kappa shape index (κ1) is 15.2. The maximum absolute atomic E-state index is 11.4. The van der Waals surface area contributed by atoms with Crippen molar-refractivity contribution in [2.75, 3.05) is 6.26 Å². The molecule has 0 saturated heterocycles. The van der Waals surface area contributed by atoms with E-state index >= 15 is 0 Å². The summed E-state index contributed by atoms with van der Waals surface area (Å²) in [6.45, 7) is 3.59. The average molecular weight is 309 g/mol. The van der Waals surface area contributed by atoms with E-state index in [4.69, 9.17) is 0 Å². The predicted octanol–water partition coefficient (Wildman–Crippen LogP) is 1.86. The van der Waals surface area contributed by atoms with Crippen LogP contribution in [-0.4, -0.2) is 29.4 Å². The predicted molar refractivity (Wildman–Crippen MR) is 77.0 cm³/mol. The smallest absolute Gasteiger partial charge is 0.258 e. The third-order valence-corrected chi connectivity index (χ3v) is 4.34. The Morgan fingerprint density at radius 2 is 1.81 bits per heavy atom. The first-order chi connectivity index (χ1) is 9.70. The van der Waals surface area contributed by atoms with E-state index in [1.165, 1.54) is 12.1 Å². The van der Waals surface area contributed by atoms with Crippen LogP contribution in [0.15, 0.2) is 29.2 Å².